The molecule has 0 atom stereocenters. The molecule has 0 aliphatic heterocycles. The zero-order chi connectivity index (χ0) is 11.3. The van der Waals surface area contributed by atoms with E-state index >= 15 is 0 Å². The Hall–Kier alpha value is -0.870. The number of aliphatic hydroxyl groups is 1. The van der Waals surface area contributed by atoms with Crippen molar-refractivity contribution < 1.29 is 9.84 Å². The van der Waals surface area contributed by atoms with Crippen LogP contribution in [0.4, 0.5) is 0 Å². The zero-order valence-corrected chi connectivity index (χ0v) is 9.73. The molecule has 0 aliphatic rings. The molecule has 0 spiro atoms. The summed E-state index contributed by atoms with van der Waals surface area (Å²) in [5, 5.41) is 13.1. The second-order valence-electron chi connectivity index (χ2n) is 4.65. The van der Waals surface area contributed by atoms with Crippen LogP contribution in [0.25, 0.3) is 0 Å². The predicted octanol–water partition coefficient (Wildman–Crippen LogP) is 0.998. The smallest absolute Gasteiger partial charge is 0.0539 e. The van der Waals surface area contributed by atoms with E-state index in [-0.39, 0.29) is 12.0 Å². The Kier molecular flexibility index (Phi) is 4.29. The van der Waals surface area contributed by atoms with Crippen LogP contribution in [0.15, 0.2) is 12.4 Å². The normalized spacial score (nSPS) is 12.0. The van der Waals surface area contributed by atoms with Crippen molar-refractivity contribution in [3.05, 3.63) is 18.0 Å². The van der Waals surface area contributed by atoms with Crippen LogP contribution >= 0.6 is 0 Å². The molecule has 0 bridgehead atoms. The minimum Gasteiger partial charge on any atom is -0.396 e. The lowest BCUT2D eigenvalue weighted by molar-refractivity contribution is 0.0294. The molecule has 1 heterocycles. The van der Waals surface area contributed by atoms with Crippen molar-refractivity contribution in [3.8, 4) is 0 Å². The molecule has 0 unspecified atom stereocenters. The monoisotopic (exact) mass is 212 g/mol. The molecule has 0 fully saturated rings. The Morgan fingerprint density at radius 3 is 2.80 bits per heavy atom. The first-order valence-electron chi connectivity index (χ1n) is 5.20. The number of rotatable bonds is 6. The van der Waals surface area contributed by atoms with Crippen LogP contribution in [-0.2, 0) is 18.2 Å². The summed E-state index contributed by atoms with van der Waals surface area (Å²) in [4.78, 5) is 0. The van der Waals surface area contributed by atoms with Gasteiger partial charge in [-0.25, -0.2) is 0 Å². The summed E-state index contributed by atoms with van der Waals surface area (Å²) in [6.45, 7) is 5.38. The van der Waals surface area contributed by atoms with E-state index in [2.05, 4.69) is 5.10 Å². The molecule has 1 aromatic heterocycles. The summed E-state index contributed by atoms with van der Waals surface area (Å²) in [5.74, 6) is 0. The fourth-order valence-electron chi connectivity index (χ4n) is 1.19. The quantitative estimate of drug-likeness (QED) is 0.716. The zero-order valence-electron chi connectivity index (χ0n) is 9.73. The summed E-state index contributed by atoms with van der Waals surface area (Å²) >= 11 is 0. The molecule has 4 heteroatoms. The molecule has 0 saturated carbocycles. The maximum Gasteiger partial charge on any atom is 0.0539 e. The molecule has 1 N–H and O–H groups in total. The average Bonchev–Trinajstić information content (AvgIpc) is 2.59. The molecule has 0 aliphatic carbocycles. The van der Waals surface area contributed by atoms with Gasteiger partial charge in [-0.05, 0) is 12.0 Å². The molecule has 4 nitrogen and oxygen atoms in total. The summed E-state index contributed by atoms with van der Waals surface area (Å²) in [6.07, 6.45) is 4.70. The number of nitrogens with zero attached hydrogens (tertiary/aromatic N) is 2. The summed E-state index contributed by atoms with van der Waals surface area (Å²) in [6, 6.07) is 0. The van der Waals surface area contributed by atoms with Gasteiger partial charge < -0.3 is 9.84 Å². The molecule has 1 rings (SSSR count). The van der Waals surface area contributed by atoms with Crippen LogP contribution in [-0.4, -0.2) is 34.7 Å². The van der Waals surface area contributed by atoms with Crippen molar-refractivity contribution in [2.24, 2.45) is 12.5 Å². The summed E-state index contributed by atoms with van der Waals surface area (Å²) in [5.41, 5.74) is 1.04. The first kappa shape index (κ1) is 12.2. The Morgan fingerprint density at radius 2 is 2.27 bits per heavy atom. The highest BCUT2D eigenvalue weighted by molar-refractivity contribution is 5.03. The van der Waals surface area contributed by atoms with Gasteiger partial charge >= 0.3 is 0 Å². The minimum absolute atomic E-state index is 0.144. The Balaban J connectivity index is 2.17. The van der Waals surface area contributed by atoms with Gasteiger partial charge in [0.15, 0.2) is 0 Å². The van der Waals surface area contributed by atoms with E-state index < -0.39 is 0 Å². The SMILES string of the molecule is Cn1cc(CCOCC(C)(C)CO)cn1. The van der Waals surface area contributed by atoms with Crippen molar-refractivity contribution in [2.45, 2.75) is 20.3 Å². The molecule has 0 radical (unpaired) electrons. The van der Waals surface area contributed by atoms with Crippen LogP contribution in [0, 0.1) is 5.41 Å². The van der Waals surface area contributed by atoms with Crippen molar-refractivity contribution >= 4 is 0 Å². The number of ether oxygens (including phenoxy) is 1. The van der Waals surface area contributed by atoms with Gasteiger partial charge in [-0.1, -0.05) is 13.8 Å². The highest BCUT2D eigenvalue weighted by atomic mass is 16.5. The van der Waals surface area contributed by atoms with Gasteiger partial charge in [-0.3, -0.25) is 4.68 Å². The lowest BCUT2D eigenvalue weighted by atomic mass is 9.97. The van der Waals surface area contributed by atoms with Crippen LogP contribution in [0.3, 0.4) is 0 Å². The number of aryl methyl sites for hydroxylation is 1. The molecule has 1 aromatic rings. The lowest BCUT2D eigenvalue weighted by Crippen LogP contribution is -2.24. The minimum atomic E-state index is -0.144. The van der Waals surface area contributed by atoms with Gasteiger partial charge in [0.05, 0.1) is 26.0 Å². The van der Waals surface area contributed by atoms with E-state index in [1.807, 2.05) is 33.3 Å². The Labute approximate surface area is 90.9 Å². The Bertz CT molecular complexity index is 295. The average molecular weight is 212 g/mol. The molecular weight excluding hydrogens is 192 g/mol. The molecule has 0 saturated heterocycles. The topological polar surface area (TPSA) is 47.3 Å². The van der Waals surface area contributed by atoms with E-state index in [1.165, 1.54) is 5.56 Å². The van der Waals surface area contributed by atoms with Crippen molar-refractivity contribution in [1.82, 2.24) is 9.78 Å². The first-order valence-corrected chi connectivity index (χ1v) is 5.20. The molecule has 0 aromatic carbocycles. The third kappa shape index (κ3) is 4.44. The van der Waals surface area contributed by atoms with Crippen LogP contribution in [0.2, 0.25) is 0 Å². The first-order chi connectivity index (χ1) is 7.03. The lowest BCUT2D eigenvalue weighted by Gasteiger charge is -2.20. The molecular formula is C11H20N2O2. The standard InChI is InChI=1S/C11H20N2O2/c1-11(2,8-14)9-15-5-4-10-6-12-13(3)7-10/h6-7,14H,4-5,8-9H2,1-3H3. The van der Waals surface area contributed by atoms with E-state index in [9.17, 15) is 0 Å². The third-order valence-corrected chi connectivity index (χ3v) is 2.21. The maximum absolute atomic E-state index is 9.02. The van der Waals surface area contributed by atoms with Gasteiger partial charge in [-0.2, -0.15) is 5.10 Å². The highest BCUT2D eigenvalue weighted by Gasteiger charge is 2.16. The molecule has 15 heavy (non-hydrogen) atoms. The van der Waals surface area contributed by atoms with Gasteiger partial charge in [0, 0.05) is 18.7 Å². The number of aromatic nitrogens is 2. The second-order valence-corrected chi connectivity index (χ2v) is 4.65. The maximum atomic E-state index is 9.02. The summed E-state index contributed by atoms with van der Waals surface area (Å²) in [7, 11) is 1.90. The van der Waals surface area contributed by atoms with Crippen molar-refractivity contribution in [2.75, 3.05) is 19.8 Å². The third-order valence-electron chi connectivity index (χ3n) is 2.21. The van der Waals surface area contributed by atoms with E-state index in [0.717, 1.165) is 6.42 Å². The van der Waals surface area contributed by atoms with E-state index in [1.54, 1.807) is 4.68 Å². The fraction of sp³-hybridized carbons (Fsp3) is 0.727. The number of aliphatic hydroxyl groups excluding tert-OH is 1. The van der Waals surface area contributed by atoms with Crippen LogP contribution in [0.1, 0.15) is 19.4 Å². The highest BCUT2D eigenvalue weighted by Crippen LogP contribution is 2.13. The van der Waals surface area contributed by atoms with E-state index in [4.69, 9.17) is 9.84 Å². The molecule has 86 valence electrons. The van der Waals surface area contributed by atoms with Gasteiger partial charge in [0.1, 0.15) is 0 Å². The summed E-state index contributed by atoms with van der Waals surface area (Å²) < 4.78 is 7.29. The number of hydrogen-bond donors (Lipinski definition) is 1. The predicted molar refractivity (Wildman–Crippen MR) is 58.6 cm³/mol. The molecule has 0 amide bonds. The number of hydrogen-bond acceptors (Lipinski definition) is 3. The Morgan fingerprint density at radius 1 is 1.53 bits per heavy atom. The van der Waals surface area contributed by atoms with Crippen molar-refractivity contribution in [3.63, 3.8) is 0 Å². The second kappa shape index (κ2) is 5.28. The fourth-order valence-corrected chi connectivity index (χ4v) is 1.19. The van der Waals surface area contributed by atoms with E-state index in [0.29, 0.717) is 13.2 Å². The van der Waals surface area contributed by atoms with Gasteiger partial charge in [0.2, 0.25) is 0 Å². The van der Waals surface area contributed by atoms with Crippen molar-refractivity contribution in [1.29, 1.82) is 0 Å². The largest absolute Gasteiger partial charge is 0.396 e. The van der Waals surface area contributed by atoms with Gasteiger partial charge in [0.25, 0.3) is 0 Å². The van der Waals surface area contributed by atoms with Crippen LogP contribution in [0.5, 0.6) is 0 Å². The van der Waals surface area contributed by atoms with Gasteiger partial charge in [-0.15, -0.1) is 0 Å². The van der Waals surface area contributed by atoms with Crippen LogP contribution < -0.4 is 0 Å².